The van der Waals surface area contributed by atoms with Crippen LogP contribution < -0.4 is 30.3 Å². The molecule has 2 aromatic carbocycles. The third-order valence-electron chi connectivity index (χ3n) is 6.87. The molecule has 0 aliphatic carbocycles. The number of methoxy groups -OCH3 is 2. The fourth-order valence-electron chi connectivity index (χ4n) is 4.65. The molecular formula is C28H29Cl2N5O7. The topological polar surface area (TPSA) is 151 Å². The number of carbonyl (C=O) groups excluding carboxylic acids is 3. The Hall–Kier alpha value is -4.26. The minimum Gasteiger partial charge on any atom is -0.497 e. The zero-order valence-corrected chi connectivity index (χ0v) is 24.5. The summed E-state index contributed by atoms with van der Waals surface area (Å²) in [6, 6.07) is 13.1. The van der Waals surface area contributed by atoms with Gasteiger partial charge in [0.05, 0.1) is 19.9 Å². The summed E-state index contributed by atoms with van der Waals surface area (Å²) in [6.45, 7) is 1.79. The van der Waals surface area contributed by atoms with Gasteiger partial charge in [-0.05, 0) is 54.4 Å². The van der Waals surface area contributed by atoms with Gasteiger partial charge in [-0.3, -0.25) is 14.8 Å². The number of urea groups is 1. The molecule has 0 radical (unpaired) electrons. The van der Waals surface area contributed by atoms with E-state index < -0.39 is 29.4 Å². The number of nitrogens with one attached hydrogen (secondary N) is 3. The number of amides is 4. The second-order valence-corrected chi connectivity index (χ2v) is 10.2. The number of halogens is 2. The second kappa shape index (κ2) is 13.1. The van der Waals surface area contributed by atoms with Gasteiger partial charge in [-0.1, -0.05) is 35.3 Å². The number of nitrogens with zero attached hydrogens (tertiary/aromatic N) is 2. The van der Waals surface area contributed by atoms with E-state index in [4.69, 9.17) is 42.6 Å². The number of hydrogen-bond acceptors (Lipinski definition) is 8. The molecule has 2 atom stereocenters. The molecule has 2 heterocycles. The summed E-state index contributed by atoms with van der Waals surface area (Å²) in [4.78, 5) is 44.5. The average Bonchev–Trinajstić information content (AvgIpc) is 3.31. The van der Waals surface area contributed by atoms with E-state index in [0.29, 0.717) is 34.1 Å². The van der Waals surface area contributed by atoms with E-state index in [1.165, 1.54) is 26.0 Å². The van der Waals surface area contributed by atoms with Crippen molar-refractivity contribution in [1.29, 1.82) is 0 Å². The lowest BCUT2D eigenvalue weighted by atomic mass is 9.88. The summed E-state index contributed by atoms with van der Waals surface area (Å²) in [5, 5.41) is 15.1. The minimum absolute atomic E-state index is 0.140. The van der Waals surface area contributed by atoms with Crippen molar-refractivity contribution in [2.75, 3.05) is 26.1 Å². The molecule has 1 aromatic heterocycles. The van der Waals surface area contributed by atoms with Gasteiger partial charge in [0.1, 0.15) is 45.7 Å². The van der Waals surface area contributed by atoms with E-state index in [2.05, 4.69) is 15.6 Å². The number of aromatic nitrogens is 1. The van der Waals surface area contributed by atoms with Crippen LogP contribution in [0.25, 0.3) is 0 Å². The highest BCUT2D eigenvalue weighted by molar-refractivity contribution is 6.32. The number of rotatable bonds is 10. The van der Waals surface area contributed by atoms with Crippen molar-refractivity contribution in [3.05, 3.63) is 76.0 Å². The molecule has 222 valence electrons. The molecule has 4 rings (SSSR count). The minimum atomic E-state index is -1.53. The molecule has 12 nitrogen and oxygen atoms in total. The number of carbonyl (C=O) groups is 3. The second-order valence-electron chi connectivity index (χ2n) is 9.39. The third kappa shape index (κ3) is 6.62. The summed E-state index contributed by atoms with van der Waals surface area (Å²) >= 11 is 11.9. The number of benzene rings is 2. The molecule has 1 fully saturated rings. The molecule has 42 heavy (non-hydrogen) atoms. The number of hydroxylamine groups is 1. The van der Waals surface area contributed by atoms with Crippen LogP contribution in [0.15, 0.2) is 54.6 Å². The molecule has 0 saturated carbocycles. The molecule has 0 spiro atoms. The highest BCUT2D eigenvalue weighted by Crippen LogP contribution is 2.36. The smallest absolute Gasteiger partial charge is 0.320 e. The number of pyridine rings is 1. The highest BCUT2D eigenvalue weighted by Gasteiger charge is 2.51. The molecule has 14 heteroatoms. The van der Waals surface area contributed by atoms with Crippen molar-refractivity contribution in [2.45, 2.75) is 31.5 Å². The summed E-state index contributed by atoms with van der Waals surface area (Å²) < 4.78 is 16.4. The summed E-state index contributed by atoms with van der Waals surface area (Å²) in [5.74, 6) is 0.0893. The Morgan fingerprint density at radius 2 is 1.71 bits per heavy atom. The largest absolute Gasteiger partial charge is 0.497 e. The van der Waals surface area contributed by atoms with E-state index in [9.17, 15) is 14.4 Å². The van der Waals surface area contributed by atoms with Crippen molar-refractivity contribution >= 4 is 46.7 Å². The van der Waals surface area contributed by atoms with Crippen LogP contribution in [0, 0.1) is 0 Å². The van der Waals surface area contributed by atoms with Gasteiger partial charge < -0.3 is 29.7 Å². The summed E-state index contributed by atoms with van der Waals surface area (Å²) in [5.41, 5.74) is 1.57. The maximum absolute atomic E-state index is 13.9. The molecular weight excluding hydrogens is 589 g/mol. The Bertz CT molecular complexity index is 1450. The van der Waals surface area contributed by atoms with Gasteiger partial charge in [0.25, 0.3) is 11.8 Å². The molecule has 0 bridgehead atoms. The molecule has 4 amide bonds. The normalized spacial score (nSPS) is 16.9. The number of hydrogen-bond donors (Lipinski definition) is 4. The van der Waals surface area contributed by atoms with E-state index >= 15 is 0 Å². The quantitative estimate of drug-likeness (QED) is 0.151. The Kier molecular flexibility index (Phi) is 9.61. The van der Waals surface area contributed by atoms with Gasteiger partial charge in [0.15, 0.2) is 0 Å². The third-order valence-corrected chi connectivity index (χ3v) is 7.26. The molecule has 1 saturated heterocycles. The van der Waals surface area contributed by atoms with Crippen LogP contribution in [0.5, 0.6) is 17.2 Å². The number of likely N-dealkylation sites (tertiary alicyclic amines) is 1. The van der Waals surface area contributed by atoms with E-state index in [1.807, 2.05) is 0 Å². The molecule has 1 aliphatic rings. The van der Waals surface area contributed by atoms with Crippen molar-refractivity contribution in [1.82, 2.24) is 20.7 Å². The first-order chi connectivity index (χ1) is 20.1. The predicted octanol–water partition coefficient (Wildman–Crippen LogP) is 4.13. The van der Waals surface area contributed by atoms with Crippen molar-refractivity contribution < 1.29 is 33.8 Å². The van der Waals surface area contributed by atoms with Crippen molar-refractivity contribution in [3.63, 3.8) is 0 Å². The van der Waals surface area contributed by atoms with Crippen LogP contribution in [-0.2, 0) is 21.7 Å². The predicted molar refractivity (Wildman–Crippen MR) is 154 cm³/mol. The zero-order valence-electron chi connectivity index (χ0n) is 22.9. The van der Waals surface area contributed by atoms with Crippen molar-refractivity contribution in [2.24, 2.45) is 0 Å². The van der Waals surface area contributed by atoms with Crippen LogP contribution >= 0.6 is 23.2 Å². The molecule has 3 aromatic rings. The van der Waals surface area contributed by atoms with Gasteiger partial charge >= 0.3 is 6.03 Å². The van der Waals surface area contributed by atoms with E-state index in [1.54, 1.807) is 60.1 Å². The first-order valence-electron chi connectivity index (χ1n) is 12.7. The van der Waals surface area contributed by atoms with E-state index in [0.717, 1.165) is 0 Å². The van der Waals surface area contributed by atoms with Gasteiger partial charge in [0.2, 0.25) is 0 Å². The lowest BCUT2D eigenvalue weighted by molar-refractivity contribution is -0.143. The molecule has 1 aliphatic heterocycles. The summed E-state index contributed by atoms with van der Waals surface area (Å²) in [7, 11) is 2.96. The van der Waals surface area contributed by atoms with Crippen molar-refractivity contribution in [3.8, 4) is 17.2 Å². The van der Waals surface area contributed by atoms with Crippen LogP contribution in [-0.4, -0.2) is 59.7 Å². The lowest BCUT2D eigenvalue weighted by Gasteiger charge is -2.31. The first kappa shape index (κ1) is 30.7. The average molecular weight is 618 g/mol. The van der Waals surface area contributed by atoms with Crippen LogP contribution in [0.4, 0.5) is 10.5 Å². The number of ether oxygens (including phenoxy) is 3. The Balaban J connectivity index is 1.59. The standard InChI is InChI=1S/C28H29Cl2N5O7/c1-16(25(36)34-39)35-11-10-28(26(35)37,33-27(38)31-21-9-8-20(40-2)14-22(21)41-3)18-4-6-19(7-5-18)42-15-17-12-23(29)32-24(30)13-17/h4-9,12-14,16,39H,10-11,15H2,1-3H3,(H,34,36)(H2,31,33,38). The van der Waals surface area contributed by atoms with Gasteiger partial charge in [-0.15, -0.1) is 0 Å². The fraction of sp³-hybridized carbons (Fsp3) is 0.286. The Morgan fingerprint density at radius 3 is 2.33 bits per heavy atom. The van der Waals surface area contributed by atoms with Gasteiger partial charge in [-0.25, -0.2) is 15.3 Å². The monoisotopic (exact) mass is 617 g/mol. The lowest BCUT2D eigenvalue weighted by Crippen LogP contribution is -2.55. The van der Waals surface area contributed by atoms with E-state index in [-0.39, 0.29) is 29.9 Å². The van der Waals surface area contributed by atoms with Crippen LogP contribution in [0.1, 0.15) is 24.5 Å². The fourth-order valence-corrected chi connectivity index (χ4v) is 5.16. The molecule has 2 unspecified atom stereocenters. The Labute approximate surface area is 251 Å². The highest BCUT2D eigenvalue weighted by atomic mass is 35.5. The maximum atomic E-state index is 13.9. The Morgan fingerprint density at radius 1 is 1.05 bits per heavy atom. The molecule has 4 N–H and O–H groups in total. The van der Waals surface area contributed by atoms with Gasteiger partial charge in [-0.2, -0.15) is 0 Å². The SMILES string of the molecule is COc1ccc(NC(=O)NC2(c3ccc(OCc4cc(Cl)nc(Cl)c4)cc3)CCN(C(C)C(=O)NO)C2=O)c(OC)c1. The summed E-state index contributed by atoms with van der Waals surface area (Å²) in [6.07, 6.45) is 0.149. The first-order valence-corrected chi connectivity index (χ1v) is 13.5. The number of anilines is 1. The van der Waals surface area contributed by atoms with Crippen LogP contribution in [0.2, 0.25) is 10.3 Å². The van der Waals surface area contributed by atoms with Crippen LogP contribution in [0.3, 0.4) is 0 Å². The van der Waals surface area contributed by atoms with Gasteiger partial charge in [0, 0.05) is 19.0 Å². The maximum Gasteiger partial charge on any atom is 0.320 e. The zero-order chi connectivity index (χ0) is 30.4.